The summed E-state index contributed by atoms with van der Waals surface area (Å²) < 4.78 is 5.35. The number of amides is 1. The van der Waals surface area contributed by atoms with Crippen LogP contribution in [0.3, 0.4) is 0 Å². The van der Waals surface area contributed by atoms with Crippen molar-refractivity contribution in [3.8, 4) is 0 Å². The van der Waals surface area contributed by atoms with Crippen LogP contribution in [-0.2, 0) is 25.7 Å². The van der Waals surface area contributed by atoms with Crippen LogP contribution in [0.5, 0.6) is 0 Å². The van der Waals surface area contributed by atoms with Crippen molar-refractivity contribution in [2.24, 2.45) is 5.92 Å². The molecule has 4 rings (SSSR count). The molecule has 8 nitrogen and oxygen atoms in total. The van der Waals surface area contributed by atoms with Crippen LogP contribution in [-0.4, -0.2) is 71.9 Å². The van der Waals surface area contributed by atoms with E-state index >= 15 is 0 Å². The number of fused-ring (bicyclic) bond motifs is 1. The number of piperidine rings is 1. The molecule has 0 saturated carbocycles. The number of aliphatic carboxylic acids is 1. The number of para-hydroxylation sites is 1. The van der Waals surface area contributed by atoms with Gasteiger partial charge in [-0.15, -0.1) is 36.6 Å². The minimum atomic E-state index is -1.08. The molecule has 2 aliphatic heterocycles. The highest BCUT2D eigenvalue weighted by atomic mass is 35.5. The number of ether oxygens (including phenoxy) is 1. The molecule has 2 N–H and O–H groups in total. The molecular formula is C29H39Cl2N3O5S. The molecule has 1 fully saturated rings. The van der Waals surface area contributed by atoms with Crippen molar-refractivity contribution in [3.05, 3.63) is 60.2 Å². The Bertz CT molecular complexity index is 1100. The van der Waals surface area contributed by atoms with E-state index in [9.17, 15) is 19.5 Å². The molecule has 220 valence electrons. The lowest BCUT2D eigenvalue weighted by Gasteiger charge is -2.33. The van der Waals surface area contributed by atoms with Gasteiger partial charge < -0.3 is 9.84 Å². The zero-order chi connectivity index (χ0) is 26.9. The van der Waals surface area contributed by atoms with Crippen LogP contribution in [0.15, 0.2) is 59.5 Å². The number of carbonyl (C=O) groups excluding carboxylic acids is 2. The molecule has 1 saturated heterocycles. The van der Waals surface area contributed by atoms with Gasteiger partial charge >= 0.3 is 11.9 Å². The van der Waals surface area contributed by atoms with Crippen LogP contribution >= 0.6 is 36.6 Å². The quantitative estimate of drug-likeness (QED) is 0.355. The lowest BCUT2D eigenvalue weighted by Crippen LogP contribution is -2.54. The number of hydrogen-bond donors (Lipinski definition) is 2. The molecule has 2 atom stereocenters. The average molecular weight is 613 g/mol. The van der Waals surface area contributed by atoms with Gasteiger partial charge in [0.25, 0.3) is 0 Å². The van der Waals surface area contributed by atoms with E-state index in [1.807, 2.05) is 18.2 Å². The molecule has 11 heteroatoms. The molecule has 40 heavy (non-hydrogen) atoms. The van der Waals surface area contributed by atoms with Crippen molar-refractivity contribution in [3.63, 3.8) is 0 Å². The average Bonchev–Trinajstić information content (AvgIpc) is 3.04. The minimum absolute atomic E-state index is 0. The Morgan fingerprint density at radius 2 is 1.75 bits per heavy atom. The number of hydrogen-bond acceptors (Lipinski definition) is 7. The molecule has 0 aliphatic carbocycles. The number of esters is 1. The minimum Gasteiger partial charge on any atom is -0.480 e. The number of rotatable bonds is 11. The Kier molecular flexibility index (Phi) is 14.3. The first kappa shape index (κ1) is 33.9. The number of nitrogens with zero attached hydrogens (tertiary/aromatic N) is 2. The number of halogens is 2. The maximum atomic E-state index is 13.5. The molecule has 1 amide bonds. The molecule has 0 spiro atoms. The zero-order valence-electron chi connectivity index (χ0n) is 22.7. The number of carboxylic acid groups (broad SMARTS) is 1. The lowest BCUT2D eigenvalue weighted by molar-refractivity contribution is -0.146. The van der Waals surface area contributed by atoms with Crippen molar-refractivity contribution in [2.45, 2.75) is 56.1 Å². The summed E-state index contributed by atoms with van der Waals surface area (Å²) in [4.78, 5) is 42.6. The highest BCUT2D eigenvalue weighted by molar-refractivity contribution is 7.99. The first-order valence-corrected chi connectivity index (χ1v) is 14.4. The number of anilines is 1. The number of carboxylic acids is 1. The third-order valence-electron chi connectivity index (χ3n) is 7.21. The number of likely N-dealkylation sites (tertiary alicyclic amines) is 1. The molecular weight excluding hydrogens is 573 g/mol. The van der Waals surface area contributed by atoms with E-state index < -0.39 is 24.6 Å². The topological polar surface area (TPSA) is 99.2 Å². The van der Waals surface area contributed by atoms with Crippen LogP contribution in [0.25, 0.3) is 0 Å². The van der Waals surface area contributed by atoms with Crippen LogP contribution in [0, 0.1) is 5.92 Å². The van der Waals surface area contributed by atoms with Gasteiger partial charge in [-0.3, -0.25) is 29.5 Å². The van der Waals surface area contributed by atoms with Crippen LogP contribution in [0.2, 0.25) is 0 Å². The summed E-state index contributed by atoms with van der Waals surface area (Å²) >= 11 is 1.49. The Labute approximate surface area is 253 Å². The highest BCUT2D eigenvalue weighted by Crippen LogP contribution is 2.34. The number of carbonyl (C=O) groups is 3. The second kappa shape index (κ2) is 16.8. The van der Waals surface area contributed by atoms with Crippen molar-refractivity contribution < 1.29 is 24.2 Å². The van der Waals surface area contributed by atoms with Gasteiger partial charge in [0.15, 0.2) is 0 Å². The van der Waals surface area contributed by atoms with E-state index in [-0.39, 0.29) is 43.3 Å². The van der Waals surface area contributed by atoms with Gasteiger partial charge in [-0.1, -0.05) is 42.5 Å². The molecule has 2 aromatic rings. The first-order valence-electron chi connectivity index (χ1n) is 13.4. The number of thioether (sulfide) groups is 1. The molecule has 0 radical (unpaired) electrons. The van der Waals surface area contributed by atoms with Crippen molar-refractivity contribution in [1.82, 2.24) is 10.2 Å². The SMILES string of the molecule is CCOC(=O)[C@H](CCC1CCN(Cc2ccccc2)CC1)N[C@H]1CSc2ccccc2N(CC(=O)O)C1=O.Cl.Cl. The molecule has 2 aliphatic rings. The maximum Gasteiger partial charge on any atom is 0.323 e. The number of nitrogens with one attached hydrogen (secondary N) is 1. The first-order chi connectivity index (χ1) is 18.4. The van der Waals surface area contributed by atoms with Gasteiger partial charge in [-0.25, -0.2) is 0 Å². The van der Waals surface area contributed by atoms with E-state index in [2.05, 4.69) is 34.5 Å². The van der Waals surface area contributed by atoms with Crippen LogP contribution < -0.4 is 10.2 Å². The van der Waals surface area contributed by atoms with E-state index in [1.54, 1.807) is 19.1 Å². The van der Waals surface area contributed by atoms with Crippen molar-refractivity contribution in [1.29, 1.82) is 0 Å². The fraction of sp³-hybridized carbons (Fsp3) is 0.483. The zero-order valence-corrected chi connectivity index (χ0v) is 25.1. The third kappa shape index (κ3) is 9.38. The van der Waals surface area contributed by atoms with E-state index in [0.29, 0.717) is 23.8 Å². The summed E-state index contributed by atoms with van der Waals surface area (Å²) in [5, 5.41) is 12.7. The summed E-state index contributed by atoms with van der Waals surface area (Å²) in [6, 6.07) is 16.5. The monoisotopic (exact) mass is 611 g/mol. The number of benzene rings is 2. The predicted octanol–water partition coefficient (Wildman–Crippen LogP) is 4.64. The Hall–Kier alpha value is -2.30. The normalized spacial score (nSPS) is 18.5. The maximum absolute atomic E-state index is 13.5. The second-order valence-corrected chi connectivity index (χ2v) is 11.0. The van der Waals surface area contributed by atoms with E-state index in [0.717, 1.165) is 43.8 Å². The molecule has 2 heterocycles. The predicted molar refractivity (Wildman–Crippen MR) is 163 cm³/mol. The second-order valence-electron chi connectivity index (χ2n) is 9.90. The summed E-state index contributed by atoms with van der Waals surface area (Å²) in [6.07, 6.45) is 3.58. The summed E-state index contributed by atoms with van der Waals surface area (Å²) in [7, 11) is 0. The molecule has 0 unspecified atom stereocenters. The molecule has 0 aromatic heterocycles. The Morgan fingerprint density at radius 3 is 2.42 bits per heavy atom. The molecule has 2 aromatic carbocycles. The van der Waals surface area contributed by atoms with Crippen molar-refractivity contribution >= 4 is 60.1 Å². The fourth-order valence-electron chi connectivity index (χ4n) is 5.20. The van der Waals surface area contributed by atoms with Gasteiger partial charge in [0.2, 0.25) is 5.91 Å². The highest BCUT2D eigenvalue weighted by Gasteiger charge is 2.35. The summed E-state index contributed by atoms with van der Waals surface area (Å²) in [5.74, 6) is -0.876. The van der Waals surface area contributed by atoms with Crippen molar-refractivity contribution in [2.75, 3.05) is 36.9 Å². The summed E-state index contributed by atoms with van der Waals surface area (Å²) in [6.45, 7) is 4.61. The fourth-order valence-corrected chi connectivity index (χ4v) is 6.29. The lowest BCUT2D eigenvalue weighted by atomic mass is 9.90. The standard InChI is InChI=1S/C29H37N3O5S.2ClH/c1-2-37-29(36)23(13-12-21-14-16-31(17-15-21)18-22-8-4-3-5-9-22)30-24-20-38-26-11-7-6-10-25(26)32(28(24)35)19-27(33)34;;/h3-11,21,23-24,30H,2,12-20H2,1H3,(H,33,34);2*1H/t23-,24-;;/m0../s1. The van der Waals surface area contributed by atoms with Crippen LogP contribution in [0.1, 0.15) is 38.2 Å². The largest absolute Gasteiger partial charge is 0.480 e. The Balaban J connectivity index is 0.00000280. The van der Waals surface area contributed by atoms with Gasteiger partial charge in [0, 0.05) is 17.2 Å². The van der Waals surface area contributed by atoms with Gasteiger partial charge in [0.05, 0.1) is 18.3 Å². The van der Waals surface area contributed by atoms with Gasteiger partial charge in [0.1, 0.15) is 12.6 Å². The summed E-state index contributed by atoms with van der Waals surface area (Å²) in [5.41, 5.74) is 1.91. The van der Waals surface area contributed by atoms with Gasteiger partial charge in [-0.05, 0) is 69.3 Å². The molecule has 0 bridgehead atoms. The van der Waals surface area contributed by atoms with Crippen LogP contribution in [0.4, 0.5) is 5.69 Å². The van der Waals surface area contributed by atoms with E-state index in [4.69, 9.17) is 4.74 Å². The van der Waals surface area contributed by atoms with Gasteiger partial charge in [-0.2, -0.15) is 0 Å². The third-order valence-corrected chi connectivity index (χ3v) is 8.37. The Morgan fingerprint density at radius 1 is 1.07 bits per heavy atom. The van der Waals surface area contributed by atoms with E-state index in [1.165, 1.54) is 22.2 Å². The smallest absolute Gasteiger partial charge is 0.323 e.